The second-order valence-electron chi connectivity index (χ2n) is 5.11. The monoisotopic (exact) mass is 194 g/mol. The molecule has 1 aromatic heterocycles. The first-order valence-electron chi connectivity index (χ1n) is 5.06. The Kier molecular flexibility index (Phi) is 1.85. The summed E-state index contributed by atoms with van der Waals surface area (Å²) in [6.45, 7) is 11.6. The fourth-order valence-corrected chi connectivity index (χ4v) is 3.72. The number of fused-ring (bicyclic) bond motifs is 1. The van der Waals surface area contributed by atoms with Crippen LogP contribution in [-0.2, 0) is 11.8 Å². The summed E-state index contributed by atoms with van der Waals surface area (Å²) in [4.78, 5) is 3.25. The van der Waals surface area contributed by atoms with Crippen LogP contribution < -0.4 is 0 Å². The fourth-order valence-electron chi connectivity index (χ4n) is 2.29. The van der Waals surface area contributed by atoms with Gasteiger partial charge in [-0.1, -0.05) is 27.7 Å². The van der Waals surface area contributed by atoms with E-state index in [1.807, 2.05) is 11.3 Å². The zero-order valence-electron chi connectivity index (χ0n) is 9.19. The summed E-state index contributed by atoms with van der Waals surface area (Å²) in [6.07, 6.45) is 1.29. The Bertz CT molecular complexity index is 332. The molecule has 2 rings (SSSR count). The number of rotatable bonds is 1. The van der Waals surface area contributed by atoms with Crippen LogP contribution in [0.2, 0.25) is 0 Å². The van der Waals surface area contributed by atoms with Crippen molar-refractivity contribution in [2.45, 2.75) is 52.4 Å². The molecular weight excluding hydrogens is 176 g/mol. The van der Waals surface area contributed by atoms with Crippen LogP contribution in [-0.4, -0.2) is 0 Å². The molecule has 0 N–H and O–H groups in total. The molecule has 13 heavy (non-hydrogen) atoms. The average molecular weight is 194 g/mol. The van der Waals surface area contributed by atoms with Crippen LogP contribution in [0.1, 0.15) is 54.5 Å². The second kappa shape index (κ2) is 2.60. The molecule has 0 spiro atoms. The number of thiophene rings is 1. The molecule has 0 bridgehead atoms. The predicted octanol–water partition coefficient (Wildman–Crippen LogP) is 4.01. The van der Waals surface area contributed by atoms with Crippen LogP contribution in [0.4, 0.5) is 0 Å². The summed E-state index contributed by atoms with van der Waals surface area (Å²) in [7, 11) is 0. The molecule has 0 saturated carbocycles. The molecule has 0 fully saturated rings. The minimum absolute atomic E-state index is 0.470. The van der Waals surface area contributed by atoms with E-state index in [1.54, 1.807) is 20.9 Å². The first-order valence-corrected chi connectivity index (χ1v) is 5.88. The zero-order valence-corrected chi connectivity index (χ0v) is 10.0. The van der Waals surface area contributed by atoms with E-state index in [4.69, 9.17) is 0 Å². The molecule has 0 unspecified atom stereocenters. The first-order chi connectivity index (χ1) is 5.93. The van der Waals surface area contributed by atoms with Crippen molar-refractivity contribution in [3.05, 3.63) is 20.9 Å². The van der Waals surface area contributed by atoms with E-state index in [2.05, 4.69) is 34.6 Å². The van der Waals surface area contributed by atoms with Gasteiger partial charge in [-0.2, -0.15) is 0 Å². The zero-order chi connectivity index (χ0) is 9.80. The molecule has 1 heterocycles. The van der Waals surface area contributed by atoms with Crippen LogP contribution >= 0.6 is 11.3 Å². The van der Waals surface area contributed by atoms with Crippen molar-refractivity contribution >= 4 is 11.3 Å². The van der Waals surface area contributed by atoms with Crippen molar-refractivity contribution in [2.24, 2.45) is 0 Å². The van der Waals surface area contributed by atoms with Crippen LogP contribution in [0, 0.1) is 6.92 Å². The van der Waals surface area contributed by atoms with E-state index in [0.717, 1.165) is 0 Å². The minimum Gasteiger partial charge on any atom is -0.144 e. The lowest BCUT2D eigenvalue weighted by molar-refractivity contribution is 0.468. The molecule has 1 heteroatoms. The van der Waals surface area contributed by atoms with Gasteiger partial charge in [0.05, 0.1) is 0 Å². The van der Waals surface area contributed by atoms with Crippen LogP contribution in [0.3, 0.4) is 0 Å². The molecule has 0 atom stereocenters. The van der Waals surface area contributed by atoms with Gasteiger partial charge >= 0.3 is 0 Å². The van der Waals surface area contributed by atoms with Crippen LogP contribution in [0.15, 0.2) is 0 Å². The van der Waals surface area contributed by atoms with Gasteiger partial charge in [0.15, 0.2) is 0 Å². The maximum absolute atomic E-state index is 2.36. The lowest BCUT2D eigenvalue weighted by Gasteiger charge is -2.35. The molecule has 0 radical (unpaired) electrons. The molecule has 0 saturated heterocycles. The SMILES string of the molecule is Cc1c(C(C)C)sc2c1CC2(C)C. The van der Waals surface area contributed by atoms with E-state index < -0.39 is 0 Å². The molecule has 1 aromatic rings. The average Bonchev–Trinajstić information content (AvgIpc) is 2.25. The van der Waals surface area contributed by atoms with Gasteiger partial charge in [0.2, 0.25) is 0 Å². The van der Waals surface area contributed by atoms with Gasteiger partial charge < -0.3 is 0 Å². The Labute approximate surface area is 85.0 Å². The maximum atomic E-state index is 2.36. The third kappa shape index (κ3) is 1.17. The molecule has 1 aliphatic carbocycles. The number of hydrogen-bond donors (Lipinski definition) is 0. The standard InChI is InChI=1S/C12H18S/c1-7(2)10-8(3)9-6-12(4,5)11(9)13-10/h7H,6H2,1-5H3. The Hall–Kier alpha value is -0.300. The summed E-state index contributed by atoms with van der Waals surface area (Å²) >= 11 is 2.04. The van der Waals surface area contributed by atoms with Crippen molar-refractivity contribution < 1.29 is 0 Å². The minimum atomic E-state index is 0.470. The summed E-state index contributed by atoms with van der Waals surface area (Å²) in [5.74, 6) is 0.700. The summed E-state index contributed by atoms with van der Waals surface area (Å²) in [5.41, 5.74) is 3.70. The Morgan fingerprint density at radius 3 is 2.31 bits per heavy atom. The second-order valence-corrected chi connectivity index (χ2v) is 6.17. The van der Waals surface area contributed by atoms with Crippen molar-refractivity contribution in [3.8, 4) is 0 Å². The van der Waals surface area contributed by atoms with E-state index >= 15 is 0 Å². The predicted molar refractivity (Wildman–Crippen MR) is 59.9 cm³/mol. The molecule has 0 nitrogen and oxygen atoms in total. The lowest BCUT2D eigenvalue weighted by Crippen LogP contribution is -2.30. The lowest BCUT2D eigenvalue weighted by atomic mass is 9.71. The third-order valence-corrected chi connectivity index (χ3v) is 5.07. The molecule has 0 aliphatic heterocycles. The van der Waals surface area contributed by atoms with Gasteiger partial charge in [0, 0.05) is 15.2 Å². The van der Waals surface area contributed by atoms with Gasteiger partial charge in [-0.05, 0) is 30.4 Å². The fraction of sp³-hybridized carbons (Fsp3) is 0.667. The highest BCUT2D eigenvalue weighted by Gasteiger charge is 2.38. The molecule has 72 valence electrons. The Morgan fingerprint density at radius 1 is 1.31 bits per heavy atom. The van der Waals surface area contributed by atoms with E-state index in [0.29, 0.717) is 11.3 Å². The summed E-state index contributed by atoms with van der Waals surface area (Å²) in [6, 6.07) is 0. The number of hydrogen-bond acceptors (Lipinski definition) is 1. The third-order valence-electron chi connectivity index (χ3n) is 3.07. The van der Waals surface area contributed by atoms with Gasteiger partial charge in [-0.3, -0.25) is 0 Å². The molecule has 0 aromatic carbocycles. The van der Waals surface area contributed by atoms with E-state index in [-0.39, 0.29) is 0 Å². The largest absolute Gasteiger partial charge is 0.144 e. The molecule has 0 amide bonds. The van der Waals surface area contributed by atoms with E-state index in [1.165, 1.54) is 6.42 Å². The van der Waals surface area contributed by atoms with Gasteiger partial charge in [-0.15, -0.1) is 11.3 Å². The highest BCUT2D eigenvalue weighted by atomic mass is 32.1. The topological polar surface area (TPSA) is 0 Å². The van der Waals surface area contributed by atoms with Crippen molar-refractivity contribution in [1.29, 1.82) is 0 Å². The smallest absolute Gasteiger partial charge is 0.0143 e. The van der Waals surface area contributed by atoms with Crippen LogP contribution in [0.5, 0.6) is 0 Å². The maximum Gasteiger partial charge on any atom is 0.0143 e. The normalized spacial score (nSPS) is 18.6. The highest BCUT2D eigenvalue weighted by Crippen LogP contribution is 2.49. The van der Waals surface area contributed by atoms with Crippen LogP contribution in [0.25, 0.3) is 0 Å². The molecular formula is C12H18S. The Morgan fingerprint density at radius 2 is 1.92 bits per heavy atom. The first kappa shape index (κ1) is 9.26. The molecule has 1 aliphatic rings. The van der Waals surface area contributed by atoms with Gasteiger partial charge in [0.1, 0.15) is 0 Å². The quantitative estimate of drug-likeness (QED) is 0.633. The van der Waals surface area contributed by atoms with Gasteiger partial charge in [-0.25, -0.2) is 0 Å². The summed E-state index contributed by atoms with van der Waals surface area (Å²) < 4.78 is 0. The van der Waals surface area contributed by atoms with Crippen molar-refractivity contribution in [1.82, 2.24) is 0 Å². The van der Waals surface area contributed by atoms with Crippen molar-refractivity contribution in [3.63, 3.8) is 0 Å². The van der Waals surface area contributed by atoms with Gasteiger partial charge in [0.25, 0.3) is 0 Å². The summed E-state index contributed by atoms with van der Waals surface area (Å²) in [5, 5.41) is 0. The Balaban J connectivity index is 2.50. The highest BCUT2D eigenvalue weighted by molar-refractivity contribution is 7.12. The van der Waals surface area contributed by atoms with E-state index in [9.17, 15) is 0 Å². The van der Waals surface area contributed by atoms with Crippen molar-refractivity contribution in [2.75, 3.05) is 0 Å².